The summed E-state index contributed by atoms with van der Waals surface area (Å²) in [6, 6.07) is 7.91. The van der Waals surface area contributed by atoms with Crippen LogP contribution in [0.5, 0.6) is 0 Å². The van der Waals surface area contributed by atoms with Crippen molar-refractivity contribution in [3.8, 4) is 17.5 Å². The van der Waals surface area contributed by atoms with Crippen molar-refractivity contribution in [1.29, 1.82) is 5.26 Å². The fraction of sp³-hybridized carbons (Fsp3) is 0.286. The third kappa shape index (κ3) is 2.70. The lowest BCUT2D eigenvalue weighted by atomic mass is 9.92. The van der Waals surface area contributed by atoms with Crippen molar-refractivity contribution in [1.82, 2.24) is 9.55 Å². The molecule has 1 atom stereocenters. The van der Waals surface area contributed by atoms with Crippen LogP contribution < -0.4 is 5.14 Å². The molecule has 3 aromatic rings. The van der Waals surface area contributed by atoms with Gasteiger partial charge >= 0.3 is 0 Å². The molecule has 4 nitrogen and oxygen atoms in total. The molecule has 138 valence electrons. The van der Waals surface area contributed by atoms with Gasteiger partial charge in [0.05, 0.1) is 22.5 Å². The number of pyridine rings is 1. The number of benzene rings is 1. The summed E-state index contributed by atoms with van der Waals surface area (Å²) < 4.78 is 16.7. The van der Waals surface area contributed by atoms with Gasteiger partial charge in [-0.1, -0.05) is 16.5 Å². The molecule has 0 spiro atoms. The number of hydrogen-bond acceptors (Lipinski definition) is 3. The van der Waals surface area contributed by atoms with Crippen molar-refractivity contribution >= 4 is 27.4 Å². The molecule has 2 aromatic heterocycles. The van der Waals surface area contributed by atoms with Crippen LogP contribution in [0.1, 0.15) is 42.0 Å². The molecule has 0 aliphatic heterocycles. The number of nitriles is 1. The third-order valence-corrected chi connectivity index (χ3v) is 6.47. The van der Waals surface area contributed by atoms with Crippen LogP contribution in [-0.2, 0) is 0 Å². The number of hydrogen-bond donors (Lipinski definition) is 1. The predicted molar refractivity (Wildman–Crippen MR) is 109 cm³/mol. The van der Waals surface area contributed by atoms with Gasteiger partial charge in [0.25, 0.3) is 0 Å². The maximum atomic E-state index is 14.5. The van der Waals surface area contributed by atoms with Crippen LogP contribution >= 0.6 is 10.7 Å². The summed E-state index contributed by atoms with van der Waals surface area (Å²) in [6.45, 7) is 3.72. The Bertz CT molecular complexity index is 1120. The first-order valence-electron chi connectivity index (χ1n) is 8.92. The number of aromatic nitrogens is 2. The van der Waals surface area contributed by atoms with E-state index in [9.17, 15) is 9.65 Å². The molecule has 0 bridgehead atoms. The van der Waals surface area contributed by atoms with Crippen molar-refractivity contribution in [2.45, 2.75) is 44.0 Å². The van der Waals surface area contributed by atoms with E-state index in [0.29, 0.717) is 28.2 Å². The summed E-state index contributed by atoms with van der Waals surface area (Å²) in [7, 11) is -0.614. The molecule has 0 radical (unpaired) electrons. The first-order chi connectivity index (χ1) is 12.9. The SMILES string of the molecule is C=S(N)c1ccc(-c2c(C#N)c3cc(F)c(C)c(C)c3n2C2CCC2)nc1. The minimum atomic E-state index is -0.614. The van der Waals surface area contributed by atoms with E-state index in [1.54, 1.807) is 13.1 Å². The fourth-order valence-corrected chi connectivity index (χ4v) is 4.20. The molecule has 2 heterocycles. The van der Waals surface area contributed by atoms with Crippen molar-refractivity contribution in [2.75, 3.05) is 0 Å². The Morgan fingerprint density at radius 2 is 2.07 bits per heavy atom. The Morgan fingerprint density at radius 3 is 2.59 bits per heavy atom. The van der Waals surface area contributed by atoms with Gasteiger partial charge in [-0.05, 0) is 62.4 Å². The Labute approximate surface area is 160 Å². The van der Waals surface area contributed by atoms with Gasteiger partial charge in [0.15, 0.2) is 0 Å². The van der Waals surface area contributed by atoms with Gasteiger partial charge in [-0.3, -0.25) is 10.1 Å². The highest BCUT2D eigenvalue weighted by atomic mass is 32.2. The van der Waals surface area contributed by atoms with Crippen molar-refractivity contribution < 1.29 is 4.39 Å². The lowest BCUT2D eigenvalue weighted by molar-refractivity contribution is 0.323. The Kier molecular flexibility index (Phi) is 4.37. The van der Waals surface area contributed by atoms with Crippen LogP contribution in [0.3, 0.4) is 0 Å². The van der Waals surface area contributed by atoms with Gasteiger partial charge in [-0.15, -0.1) is 0 Å². The van der Waals surface area contributed by atoms with Gasteiger partial charge in [0.1, 0.15) is 11.9 Å². The van der Waals surface area contributed by atoms with Gasteiger partial charge in [0, 0.05) is 22.5 Å². The lowest BCUT2D eigenvalue weighted by Gasteiger charge is -2.30. The van der Waals surface area contributed by atoms with Crippen LogP contribution in [0.25, 0.3) is 22.3 Å². The molecule has 1 fully saturated rings. The van der Waals surface area contributed by atoms with E-state index in [1.807, 2.05) is 19.1 Å². The zero-order valence-corrected chi connectivity index (χ0v) is 16.2. The van der Waals surface area contributed by atoms with Crippen molar-refractivity contribution in [3.05, 3.63) is 46.9 Å². The topological polar surface area (TPSA) is 67.6 Å². The summed E-state index contributed by atoms with van der Waals surface area (Å²) in [5.41, 5.74) is 4.44. The molecular formula is C21H21FN4S. The molecule has 2 N–H and O–H groups in total. The first-order valence-corrected chi connectivity index (χ1v) is 10.4. The average molecular weight is 380 g/mol. The molecule has 1 unspecified atom stereocenters. The van der Waals surface area contributed by atoms with Crippen LogP contribution in [0, 0.1) is 31.0 Å². The summed E-state index contributed by atoms with van der Waals surface area (Å²) in [6.07, 6.45) is 4.99. The fourth-order valence-electron chi connectivity index (χ4n) is 3.77. The first kappa shape index (κ1) is 17.9. The summed E-state index contributed by atoms with van der Waals surface area (Å²) >= 11 is 0. The average Bonchev–Trinajstić information content (AvgIpc) is 2.92. The van der Waals surface area contributed by atoms with Crippen LogP contribution in [0.4, 0.5) is 4.39 Å². The smallest absolute Gasteiger partial charge is 0.127 e. The van der Waals surface area contributed by atoms with E-state index in [0.717, 1.165) is 40.9 Å². The number of halogens is 1. The largest absolute Gasteiger partial charge is 0.335 e. The van der Waals surface area contributed by atoms with Gasteiger partial charge < -0.3 is 4.57 Å². The highest BCUT2D eigenvalue weighted by Gasteiger charge is 2.30. The van der Waals surface area contributed by atoms with Gasteiger partial charge in [-0.25, -0.2) is 4.39 Å². The number of fused-ring (bicyclic) bond motifs is 1. The molecular weight excluding hydrogens is 359 g/mol. The van der Waals surface area contributed by atoms with E-state index < -0.39 is 10.7 Å². The monoisotopic (exact) mass is 380 g/mol. The van der Waals surface area contributed by atoms with Crippen LogP contribution in [0.15, 0.2) is 29.3 Å². The normalized spacial score (nSPS) is 15.5. The second-order valence-electron chi connectivity index (χ2n) is 7.10. The second-order valence-corrected chi connectivity index (χ2v) is 8.43. The van der Waals surface area contributed by atoms with E-state index in [4.69, 9.17) is 5.14 Å². The summed E-state index contributed by atoms with van der Waals surface area (Å²) in [5, 5.41) is 16.4. The Balaban J connectivity index is 2.08. The maximum Gasteiger partial charge on any atom is 0.127 e. The van der Waals surface area contributed by atoms with E-state index in [1.165, 1.54) is 6.07 Å². The summed E-state index contributed by atoms with van der Waals surface area (Å²) in [4.78, 5) is 5.43. The number of aryl methyl sites for hydroxylation is 1. The van der Waals surface area contributed by atoms with E-state index in [2.05, 4.69) is 21.5 Å². The van der Waals surface area contributed by atoms with E-state index in [-0.39, 0.29) is 5.82 Å². The standard InChI is InChI=1S/C21H21FN4S/c1-12-13(2)20-16(9-18(12)22)17(10-23)21(26(20)14-5-4-6-14)19-8-7-15(11-25-19)27(3)24/h7-9,11,14H,3-6,24H2,1-2H3. The molecule has 1 aromatic carbocycles. The van der Waals surface area contributed by atoms with Gasteiger partial charge in [-0.2, -0.15) is 5.26 Å². The van der Waals surface area contributed by atoms with E-state index >= 15 is 0 Å². The van der Waals surface area contributed by atoms with Crippen molar-refractivity contribution in [3.63, 3.8) is 0 Å². The quantitative estimate of drug-likeness (QED) is 0.651. The Morgan fingerprint density at radius 1 is 1.33 bits per heavy atom. The van der Waals surface area contributed by atoms with Crippen LogP contribution in [-0.4, -0.2) is 15.4 Å². The predicted octanol–water partition coefficient (Wildman–Crippen LogP) is 4.99. The molecule has 27 heavy (non-hydrogen) atoms. The zero-order valence-electron chi connectivity index (χ0n) is 15.4. The van der Waals surface area contributed by atoms with Crippen molar-refractivity contribution in [2.24, 2.45) is 5.14 Å². The highest BCUT2D eigenvalue weighted by Crippen LogP contribution is 2.43. The molecule has 6 heteroatoms. The Hall–Kier alpha value is -2.49. The molecule has 1 aliphatic carbocycles. The highest BCUT2D eigenvalue weighted by molar-refractivity contribution is 8.12. The number of nitrogens with two attached hydrogens (primary N) is 1. The molecule has 0 amide bonds. The number of rotatable bonds is 3. The minimum absolute atomic E-state index is 0.277. The molecule has 1 aliphatic rings. The number of nitrogens with zero attached hydrogens (tertiary/aromatic N) is 3. The molecule has 0 saturated heterocycles. The van der Waals surface area contributed by atoms with Crippen LogP contribution in [0.2, 0.25) is 0 Å². The zero-order chi connectivity index (χ0) is 19.3. The molecule has 4 rings (SSSR count). The second kappa shape index (κ2) is 6.59. The lowest BCUT2D eigenvalue weighted by Crippen LogP contribution is -2.18. The minimum Gasteiger partial charge on any atom is -0.335 e. The third-order valence-electron chi connectivity index (χ3n) is 5.62. The summed E-state index contributed by atoms with van der Waals surface area (Å²) in [5.74, 6) is 3.57. The van der Waals surface area contributed by atoms with Gasteiger partial charge in [0.2, 0.25) is 0 Å². The molecule has 1 saturated carbocycles. The maximum absolute atomic E-state index is 14.5.